The first-order valence-electron chi connectivity index (χ1n) is 10.0. The van der Waals surface area contributed by atoms with Gasteiger partial charge in [0.05, 0.1) is 26.3 Å². The summed E-state index contributed by atoms with van der Waals surface area (Å²) < 4.78 is 23.7. The molecule has 0 bridgehead atoms. The molecule has 5 rings (SSSR count). The fourth-order valence-electron chi connectivity index (χ4n) is 3.58. The van der Waals surface area contributed by atoms with Crippen LogP contribution in [0.3, 0.4) is 0 Å². The number of carbonyl (C=O) groups excluding carboxylic acids is 1. The van der Waals surface area contributed by atoms with Crippen LogP contribution in [0.25, 0.3) is 16.2 Å². The van der Waals surface area contributed by atoms with E-state index in [4.69, 9.17) is 23.9 Å². The highest BCUT2D eigenvalue weighted by molar-refractivity contribution is 7.15. The van der Waals surface area contributed by atoms with E-state index in [1.165, 1.54) is 11.3 Å². The molecule has 4 aromatic rings. The number of thiazole rings is 1. The second kappa shape index (κ2) is 8.43. The molecule has 8 nitrogen and oxygen atoms in total. The molecule has 0 saturated heterocycles. The molecule has 1 amide bonds. The van der Waals surface area contributed by atoms with Crippen LogP contribution >= 0.6 is 11.3 Å². The summed E-state index contributed by atoms with van der Waals surface area (Å²) in [5.41, 5.74) is 3.23. The Labute approximate surface area is 188 Å². The summed E-state index contributed by atoms with van der Waals surface area (Å²) in [6, 6.07) is 11.1. The number of fused-ring (bicyclic) bond motifs is 2. The lowest BCUT2D eigenvalue weighted by Gasteiger charge is -2.19. The Morgan fingerprint density at radius 1 is 1.09 bits per heavy atom. The first-order chi connectivity index (χ1) is 15.6. The van der Waals surface area contributed by atoms with Crippen molar-refractivity contribution in [2.45, 2.75) is 6.42 Å². The molecular formula is C23H21N3O5S. The molecule has 0 fully saturated rings. The predicted molar refractivity (Wildman–Crippen MR) is 121 cm³/mol. The number of aromatic nitrogens is 2. The van der Waals surface area contributed by atoms with Crippen molar-refractivity contribution in [1.82, 2.24) is 9.38 Å². The molecule has 2 aromatic carbocycles. The van der Waals surface area contributed by atoms with Crippen LogP contribution in [-0.4, -0.2) is 42.7 Å². The Morgan fingerprint density at radius 2 is 1.91 bits per heavy atom. The maximum absolute atomic E-state index is 12.7. The van der Waals surface area contributed by atoms with Crippen LogP contribution in [0.1, 0.15) is 5.69 Å². The summed E-state index contributed by atoms with van der Waals surface area (Å²) >= 11 is 1.49. The number of nitrogens with zero attached hydrogens (tertiary/aromatic N) is 2. The number of hydrogen-bond donors (Lipinski definition) is 1. The minimum Gasteiger partial charge on any atom is -0.493 e. The number of nitrogens with one attached hydrogen (secondary N) is 1. The predicted octanol–water partition coefficient (Wildman–Crippen LogP) is 4.03. The first kappa shape index (κ1) is 20.2. The summed E-state index contributed by atoms with van der Waals surface area (Å²) in [4.78, 5) is 18.2. The Bertz CT molecular complexity index is 1300. The highest BCUT2D eigenvalue weighted by Gasteiger charge is 2.16. The zero-order valence-corrected chi connectivity index (χ0v) is 18.4. The van der Waals surface area contributed by atoms with Crippen LogP contribution in [0.4, 0.5) is 5.69 Å². The van der Waals surface area contributed by atoms with Gasteiger partial charge in [0.1, 0.15) is 13.2 Å². The van der Waals surface area contributed by atoms with Gasteiger partial charge in [-0.2, -0.15) is 0 Å². The quantitative estimate of drug-likeness (QED) is 0.477. The van der Waals surface area contributed by atoms with E-state index in [0.29, 0.717) is 41.9 Å². The van der Waals surface area contributed by atoms with Gasteiger partial charge in [-0.1, -0.05) is 0 Å². The third kappa shape index (κ3) is 3.82. The van der Waals surface area contributed by atoms with Gasteiger partial charge in [-0.05, 0) is 30.3 Å². The van der Waals surface area contributed by atoms with Crippen molar-refractivity contribution in [3.8, 4) is 34.3 Å². The van der Waals surface area contributed by atoms with Gasteiger partial charge in [0.25, 0.3) is 0 Å². The second-order valence-electron chi connectivity index (χ2n) is 7.16. The Hall–Kier alpha value is -3.72. The summed E-state index contributed by atoms with van der Waals surface area (Å²) in [6.45, 7) is 1.03. The van der Waals surface area contributed by atoms with E-state index >= 15 is 0 Å². The molecule has 3 heterocycles. The lowest BCUT2D eigenvalue weighted by atomic mass is 10.1. The van der Waals surface area contributed by atoms with Gasteiger partial charge < -0.3 is 24.3 Å². The van der Waals surface area contributed by atoms with E-state index in [9.17, 15) is 4.79 Å². The third-order valence-electron chi connectivity index (χ3n) is 5.13. The van der Waals surface area contributed by atoms with E-state index in [-0.39, 0.29) is 12.3 Å². The van der Waals surface area contributed by atoms with Crippen molar-refractivity contribution in [2.75, 3.05) is 32.8 Å². The molecule has 164 valence electrons. The monoisotopic (exact) mass is 451 g/mol. The van der Waals surface area contributed by atoms with Gasteiger partial charge in [0.2, 0.25) is 5.91 Å². The molecular weight excluding hydrogens is 430 g/mol. The van der Waals surface area contributed by atoms with Crippen molar-refractivity contribution >= 4 is 27.9 Å². The molecule has 1 N–H and O–H groups in total. The normalized spacial score (nSPS) is 12.6. The van der Waals surface area contributed by atoms with Crippen molar-refractivity contribution < 1.29 is 23.7 Å². The fourth-order valence-corrected chi connectivity index (χ4v) is 4.45. The average molecular weight is 452 g/mol. The van der Waals surface area contributed by atoms with Crippen molar-refractivity contribution in [3.05, 3.63) is 53.7 Å². The number of imidazole rings is 1. The fraction of sp³-hybridized carbons (Fsp3) is 0.217. The first-order valence-corrected chi connectivity index (χ1v) is 10.9. The molecule has 0 atom stereocenters. The minimum absolute atomic E-state index is 0.122. The van der Waals surface area contributed by atoms with Gasteiger partial charge in [-0.3, -0.25) is 9.20 Å². The molecule has 0 aliphatic carbocycles. The molecule has 0 radical (unpaired) electrons. The smallest absolute Gasteiger partial charge is 0.230 e. The molecule has 1 aliphatic rings. The van der Waals surface area contributed by atoms with E-state index in [0.717, 1.165) is 21.9 Å². The standard InChI is InChI=1S/C23H21N3O5S/c1-28-18-5-3-14(9-20(18)29-2)17-12-26-16(13-32-23(26)25-17)11-22(27)24-15-4-6-19-21(10-15)31-8-7-30-19/h3-6,9-10,12-13H,7-8,11H2,1-2H3,(H,24,27). The Balaban J connectivity index is 1.34. The average Bonchev–Trinajstić information content (AvgIpc) is 3.40. The minimum atomic E-state index is -0.122. The Kier molecular flexibility index (Phi) is 5.32. The van der Waals surface area contributed by atoms with Crippen LogP contribution in [0, 0.1) is 0 Å². The van der Waals surface area contributed by atoms with Crippen molar-refractivity contribution in [1.29, 1.82) is 0 Å². The van der Waals surface area contributed by atoms with Gasteiger partial charge >= 0.3 is 0 Å². The number of amides is 1. The van der Waals surface area contributed by atoms with Gasteiger partial charge in [-0.25, -0.2) is 4.98 Å². The molecule has 9 heteroatoms. The maximum Gasteiger partial charge on any atom is 0.230 e. The van der Waals surface area contributed by atoms with Crippen LogP contribution in [0.2, 0.25) is 0 Å². The number of hydrogen-bond acceptors (Lipinski definition) is 7. The number of anilines is 1. The molecule has 0 unspecified atom stereocenters. The number of carbonyl (C=O) groups is 1. The number of ether oxygens (including phenoxy) is 4. The lowest BCUT2D eigenvalue weighted by molar-refractivity contribution is -0.115. The largest absolute Gasteiger partial charge is 0.493 e. The van der Waals surface area contributed by atoms with Crippen LogP contribution in [0.5, 0.6) is 23.0 Å². The van der Waals surface area contributed by atoms with E-state index in [1.54, 1.807) is 32.4 Å². The van der Waals surface area contributed by atoms with Crippen molar-refractivity contribution in [2.24, 2.45) is 0 Å². The number of methoxy groups -OCH3 is 2. The zero-order chi connectivity index (χ0) is 22.1. The molecule has 32 heavy (non-hydrogen) atoms. The van der Waals surface area contributed by atoms with Crippen LogP contribution in [-0.2, 0) is 11.2 Å². The van der Waals surface area contributed by atoms with E-state index in [1.807, 2.05) is 34.2 Å². The molecule has 0 spiro atoms. The van der Waals surface area contributed by atoms with Gasteiger partial charge in [0.15, 0.2) is 28.0 Å². The third-order valence-corrected chi connectivity index (χ3v) is 6.02. The van der Waals surface area contributed by atoms with E-state index in [2.05, 4.69) is 5.32 Å². The topological polar surface area (TPSA) is 83.3 Å². The summed E-state index contributed by atoms with van der Waals surface area (Å²) in [5, 5.41) is 4.88. The number of benzene rings is 2. The zero-order valence-electron chi connectivity index (χ0n) is 17.6. The van der Waals surface area contributed by atoms with Crippen LogP contribution in [0.15, 0.2) is 48.0 Å². The summed E-state index contributed by atoms with van der Waals surface area (Å²) in [7, 11) is 3.21. The van der Waals surface area contributed by atoms with Gasteiger partial charge in [-0.15, -0.1) is 11.3 Å². The van der Waals surface area contributed by atoms with Gasteiger partial charge in [0, 0.05) is 34.6 Å². The molecule has 1 aliphatic heterocycles. The highest BCUT2D eigenvalue weighted by atomic mass is 32.1. The number of rotatable bonds is 6. The highest BCUT2D eigenvalue weighted by Crippen LogP contribution is 2.34. The summed E-state index contributed by atoms with van der Waals surface area (Å²) in [6.07, 6.45) is 2.15. The summed E-state index contributed by atoms with van der Waals surface area (Å²) in [5.74, 6) is 2.51. The van der Waals surface area contributed by atoms with Crippen molar-refractivity contribution in [3.63, 3.8) is 0 Å². The lowest BCUT2D eigenvalue weighted by Crippen LogP contribution is -2.17. The molecule has 0 saturated carbocycles. The maximum atomic E-state index is 12.7. The van der Waals surface area contributed by atoms with Crippen LogP contribution < -0.4 is 24.3 Å². The van der Waals surface area contributed by atoms with E-state index < -0.39 is 0 Å². The Morgan fingerprint density at radius 3 is 2.72 bits per heavy atom. The SMILES string of the molecule is COc1ccc(-c2cn3c(CC(=O)Nc4ccc5c(c4)OCCO5)csc3n2)cc1OC. The second-order valence-corrected chi connectivity index (χ2v) is 8.00. The molecule has 2 aromatic heterocycles.